The lowest BCUT2D eigenvalue weighted by Crippen LogP contribution is -2.31. The SMILES string of the molecule is CC(C)NC(=O)CCOc1cc(Br)ccc1[C@H](C)N. The number of hydrogen-bond acceptors (Lipinski definition) is 3. The normalized spacial score (nSPS) is 12.3. The number of nitrogens with two attached hydrogens (primary N) is 1. The molecule has 3 N–H and O–H groups in total. The third kappa shape index (κ3) is 5.61. The number of hydrogen-bond donors (Lipinski definition) is 2. The Morgan fingerprint density at radius 3 is 2.68 bits per heavy atom. The predicted molar refractivity (Wildman–Crippen MR) is 80.1 cm³/mol. The fourth-order valence-corrected chi connectivity index (χ4v) is 2.00. The molecule has 0 spiro atoms. The highest BCUT2D eigenvalue weighted by molar-refractivity contribution is 9.10. The number of benzene rings is 1. The monoisotopic (exact) mass is 328 g/mol. The molecule has 5 heteroatoms. The summed E-state index contributed by atoms with van der Waals surface area (Å²) in [5.74, 6) is 0.717. The first kappa shape index (κ1) is 16.0. The van der Waals surface area contributed by atoms with Gasteiger partial charge in [0.05, 0.1) is 13.0 Å². The van der Waals surface area contributed by atoms with E-state index >= 15 is 0 Å². The molecule has 0 aliphatic carbocycles. The number of carbonyl (C=O) groups is 1. The Labute approximate surface area is 122 Å². The van der Waals surface area contributed by atoms with Crippen molar-refractivity contribution in [3.63, 3.8) is 0 Å². The van der Waals surface area contributed by atoms with E-state index in [1.807, 2.05) is 39.0 Å². The molecule has 1 aromatic rings. The number of rotatable bonds is 6. The van der Waals surface area contributed by atoms with Crippen LogP contribution in [0.2, 0.25) is 0 Å². The summed E-state index contributed by atoms with van der Waals surface area (Å²) < 4.78 is 6.59. The molecule has 0 bridgehead atoms. The van der Waals surface area contributed by atoms with Crippen LogP contribution in [-0.2, 0) is 4.79 Å². The van der Waals surface area contributed by atoms with Crippen LogP contribution >= 0.6 is 15.9 Å². The van der Waals surface area contributed by atoms with Crippen molar-refractivity contribution in [1.29, 1.82) is 0 Å². The summed E-state index contributed by atoms with van der Waals surface area (Å²) in [7, 11) is 0. The van der Waals surface area contributed by atoms with Crippen molar-refractivity contribution in [2.45, 2.75) is 39.3 Å². The molecular weight excluding hydrogens is 308 g/mol. The Hall–Kier alpha value is -1.07. The van der Waals surface area contributed by atoms with E-state index in [4.69, 9.17) is 10.5 Å². The zero-order valence-electron chi connectivity index (χ0n) is 11.6. The van der Waals surface area contributed by atoms with Gasteiger partial charge in [-0.3, -0.25) is 4.79 Å². The Morgan fingerprint density at radius 1 is 1.42 bits per heavy atom. The molecule has 0 aromatic heterocycles. The van der Waals surface area contributed by atoms with E-state index in [2.05, 4.69) is 21.2 Å². The van der Waals surface area contributed by atoms with Crippen LogP contribution in [0.5, 0.6) is 5.75 Å². The van der Waals surface area contributed by atoms with E-state index in [0.29, 0.717) is 13.0 Å². The zero-order valence-corrected chi connectivity index (χ0v) is 13.2. The van der Waals surface area contributed by atoms with Crippen molar-refractivity contribution in [3.05, 3.63) is 28.2 Å². The van der Waals surface area contributed by atoms with Crippen molar-refractivity contribution in [2.24, 2.45) is 5.73 Å². The predicted octanol–water partition coefficient (Wildman–Crippen LogP) is 2.76. The van der Waals surface area contributed by atoms with E-state index in [1.54, 1.807) is 0 Å². The van der Waals surface area contributed by atoms with E-state index < -0.39 is 0 Å². The lowest BCUT2D eigenvalue weighted by Gasteiger charge is -2.15. The maximum Gasteiger partial charge on any atom is 0.223 e. The molecule has 1 aromatic carbocycles. The Kier molecular flexibility index (Phi) is 6.31. The quantitative estimate of drug-likeness (QED) is 0.843. The van der Waals surface area contributed by atoms with Gasteiger partial charge in [-0.25, -0.2) is 0 Å². The minimum absolute atomic E-state index is 0.00709. The Morgan fingerprint density at radius 2 is 2.11 bits per heavy atom. The summed E-state index contributed by atoms with van der Waals surface area (Å²) in [4.78, 5) is 11.5. The standard InChI is InChI=1S/C14H21BrN2O2/c1-9(2)17-14(18)6-7-19-13-8-11(15)4-5-12(13)10(3)16/h4-5,8-10H,6-7,16H2,1-3H3,(H,17,18)/t10-/m0/s1. The van der Waals surface area contributed by atoms with Crippen molar-refractivity contribution in [2.75, 3.05) is 6.61 Å². The van der Waals surface area contributed by atoms with Gasteiger partial charge in [-0.15, -0.1) is 0 Å². The molecule has 0 heterocycles. The van der Waals surface area contributed by atoms with Crippen LogP contribution in [0.1, 0.15) is 38.8 Å². The van der Waals surface area contributed by atoms with Gasteiger partial charge in [-0.2, -0.15) is 0 Å². The summed E-state index contributed by atoms with van der Waals surface area (Å²) in [6, 6.07) is 5.78. The average molecular weight is 329 g/mol. The van der Waals surface area contributed by atoms with Gasteiger partial charge in [-0.1, -0.05) is 22.0 Å². The van der Waals surface area contributed by atoms with Crippen molar-refractivity contribution >= 4 is 21.8 Å². The molecule has 0 fully saturated rings. The van der Waals surface area contributed by atoms with Crippen molar-refractivity contribution < 1.29 is 9.53 Å². The molecule has 1 amide bonds. The van der Waals surface area contributed by atoms with Gasteiger partial charge in [0.2, 0.25) is 5.91 Å². The molecule has 0 aliphatic rings. The van der Waals surface area contributed by atoms with E-state index in [9.17, 15) is 4.79 Å². The van der Waals surface area contributed by atoms with E-state index in [1.165, 1.54) is 0 Å². The molecule has 0 unspecified atom stereocenters. The maximum atomic E-state index is 11.5. The van der Waals surface area contributed by atoms with Crippen LogP contribution in [0, 0.1) is 0 Å². The Bertz CT molecular complexity index is 433. The number of amides is 1. The first-order valence-corrected chi connectivity index (χ1v) is 7.16. The molecular formula is C14H21BrN2O2. The highest BCUT2D eigenvalue weighted by atomic mass is 79.9. The lowest BCUT2D eigenvalue weighted by molar-refractivity contribution is -0.122. The molecule has 4 nitrogen and oxygen atoms in total. The first-order chi connectivity index (χ1) is 8.90. The van der Waals surface area contributed by atoms with E-state index in [-0.39, 0.29) is 18.0 Å². The maximum absolute atomic E-state index is 11.5. The molecule has 106 valence electrons. The smallest absolute Gasteiger partial charge is 0.223 e. The van der Waals surface area contributed by atoms with Crippen LogP contribution in [0.25, 0.3) is 0 Å². The van der Waals surface area contributed by atoms with Gasteiger partial charge in [0.15, 0.2) is 0 Å². The second-order valence-electron chi connectivity index (χ2n) is 4.79. The minimum atomic E-state index is -0.104. The zero-order chi connectivity index (χ0) is 14.4. The second-order valence-corrected chi connectivity index (χ2v) is 5.71. The van der Waals surface area contributed by atoms with Crippen LogP contribution in [0.15, 0.2) is 22.7 Å². The van der Waals surface area contributed by atoms with Gasteiger partial charge in [0.1, 0.15) is 5.75 Å². The Balaban J connectivity index is 2.57. The highest BCUT2D eigenvalue weighted by Crippen LogP contribution is 2.27. The van der Waals surface area contributed by atoms with Crippen molar-refractivity contribution in [3.8, 4) is 5.75 Å². The summed E-state index contributed by atoms with van der Waals surface area (Å²) in [6.07, 6.45) is 0.336. The van der Waals surface area contributed by atoms with Crippen molar-refractivity contribution in [1.82, 2.24) is 5.32 Å². The molecule has 0 aliphatic heterocycles. The summed E-state index contributed by atoms with van der Waals surface area (Å²) in [5, 5.41) is 2.82. The molecule has 1 rings (SSSR count). The van der Waals surface area contributed by atoms with Gasteiger partial charge in [0.25, 0.3) is 0 Å². The summed E-state index contributed by atoms with van der Waals surface area (Å²) in [5.41, 5.74) is 6.82. The minimum Gasteiger partial charge on any atom is -0.493 e. The fraction of sp³-hybridized carbons (Fsp3) is 0.500. The van der Waals surface area contributed by atoms with Crippen LogP contribution in [-0.4, -0.2) is 18.6 Å². The van der Waals surface area contributed by atoms with E-state index in [0.717, 1.165) is 15.8 Å². The number of ether oxygens (including phenoxy) is 1. The van der Waals surface area contributed by atoms with Crippen LogP contribution in [0.4, 0.5) is 0 Å². The largest absolute Gasteiger partial charge is 0.493 e. The third-order valence-corrected chi connectivity index (χ3v) is 3.00. The average Bonchev–Trinajstić information content (AvgIpc) is 2.27. The summed E-state index contributed by atoms with van der Waals surface area (Å²) in [6.45, 7) is 6.11. The second kappa shape index (κ2) is 7.50. The van der Waals surface area contributed by atoms with Crippen LogP contribution in [0.3, 0.4) is 0 Å². The third-order valence-electron chi connectivity index (χ3n) is 2.50. The number of carbonyl (C=O) groups excluding carboxylic acids is 1. The fourth-order valence-electron chi connectivity index (χ4n) is 1.66. The lowest BCUT2D eigenvalue weighted by atomic mass is 10.1. The number of halogens is 1. The molecule has 0 radical (unpaired) electrons. The number of nitrogens with one attached hydrogen (secondary N) is 1. The van der Waals surface area contributed by atoms with Gasteiger partial charge >= 0.3 is 0 Å². The van der Waals surface area contributed by atoms with Crippen LogP contribution < -0.4 is 15.8 Å². The van der Waals surface area contributed by atoms with Gasteiger partial charge < -0.3 is 15.8 Å². The molecule has 0 saturated heterocycles. The van der Waals surface area contributed by atoms with Gasteiger partial charge in [0, 0.05) is 22.1 Å². The molecule has 19 heavy (non-hydrogen) atoms. The first-order valence-electron chi connectivity index (χ1n) is 6.37. The van der Waals surface area contributed by atoms with Gasteiger partial charge in [-0.05, 0) is 32.9 Å². The molecule has 0 saturated carbocycles. The highest BCUT2D eigenvalue weighted by Gasteiger charge is 2.10. The topological polar surface area (TPSA) is 64.3 Å². The molecule has 1 atom stereocenters. The summed E-state index contributed by atoms with van der Waals surface area (Å²) >= 11 is 3.40.